The monoisotopic (exact) mass is 291 g/mol. The first-order chi connectivity index (χ1) is 10.1. The van der Waals surface area contributed by atoms with Crippen LogP contribution in [0.5, 0.6) is 0 Å². The number of aryl methyl sites for hydroxylation is 1. The fraction of sp³-hybridized carbons (Fsp3) is 0.333. The summed E-state index contributed by atoms with van der Waals surface area (Å²) >= 11 is 0. The molecule has 0 spiro atoms. The molecule has 1 N–H and O–H groups in total. The van der Waals surface area contributed by atoms with E-state index in [-0.39, 0.29) is 18.3 Å². The molecule has 1 atom stereocenters. The van der Waals surface area contributed by atoms with Crippen molar-refractivity contribution in [2.75, 3.05) is 13.2 Å². The molecule has 112 valence electrons. The van der Waals surface area contributed by atoms with Gasteiger partial charge in [0.15, 0.2) is 0 Å². The number of hydrogen-bond acceptors (Lipinski definition) is 3. The van der Waals surface area contributed by atoms with Crippen LogP contribution in [0.25, 0.3) is 0 Å². The third-order valence-electron chi connectivity index (χ3n) is 3.06. The van der Waals surface area contributed by atoms with Gasteiger partial charge in [-0.15, -0.1) is 0 Å². The number of carbonyl (C=O) groups excluding carboxylic acids is 1. The zero-order valence-corrected chi connectivity index (χ0v) is 12.0. The summed E-state index contributed by atoms with van der Waals surface area (Å²) in [5, 5.41) is 2.86. The van der Waals surface area contributed by atoms with Gasteiger partial charge < -0.3 is 14.6 Å². The predicted molar refractivity (Wildman–Crippen MR) is 76.1 cm³/mol. The lowest BCUT2D eigenvalue weighted by Gasteiger charge is -2.19. The predicted octanol–water partition coefficient (Wildman–Crippen LogP) is 1.80. The Morgan fingerprint density at radius 3 is 2.71 bits per heavy atom. The topological polar surface area (TPSA) is 56.1 Å². The van der Waals surface area contributed by atoms with E-state index < -0.39 is 6.04 Å². The fourth-order valence-electron chi connectivity index (χ4n) is 2.00. The van der Waals surface area contributed by atoms with E-state index in [1.165, 1.54) is 12.1 Å². The van der Waals surface area contributed by atoms with Crippen molar-refractivity contribution in [2.24, 2.45) is 7.05 Å². The molecule has 1 aromatic heterocycles. The summed E-state index contributed by atoms with van der Waals surface area (Å²) in [6.07, 6.45) is 3.45. The van der Waals surface area contributed by atoms with Crippen molar-refractivity contribution < 1.29 is 13.9 Å². The number of carbonyl (C=O) groups is 1. The highest BCUT2D eigenvalue weighted by molar-refractivity contribution is 5.78. The molecule has 6 heteroatoms. The van der Waals surface area contributed by atoms with Gasteiger partial charge in [0.2, 0.25) is 5.91 Å². The maximum Gasteiger partial charge on any atom is 0.246 e. The Balaban J connectivity index is 2.25. The molecular weight excluding hydrogens is 273 g/mol. The van der Waals surface area contributed by atoms with Crippen LogP contribution in [0.15, 0.2) is 36.7 Å². The van der Waals surface area contributed by atoms with Gasteiger partial charge in [0.25, 0.3) is 0 Å². The van der Waals surface area contributed by atoms with Gasteiger partial charge in [0, 0.05) is 26.0 Å². The highest BCUT2D eigenvalue weighted by Crippen LogP contribution is 2.20. The third-order valence-corrected chi connectivity index (χ3v) is 3.06. The quantitative estimate of drug-likeness (QED) is 0.883. The van der Waals surface area contributed by atoms with Crippen molar-refractivity contribution in [3.8, 4) is 0 Å². The number of rotatable bonds is 6. The lowest BCUT2D eigenvalue weighted by molar-refractivity contribution is -0.126. The number of ether oxygens (including phenoxy) is 1. The lowest BCUT2D eigenvalue weighted by Crippen LogP contribution is -2.33. The highest BCUT2D eigenvalue weighted by atomic mass is 19.1. The lowest BCUT2D eigenvalue weighted by atomic mass is 10.1. The molecule has 2 aromatic rings. The highest BCUT2D eigenvalue weighted by Gasteiger charge is 2.20. The number of hydrogen-bond donors (Lipinski definition) is 1. The molecule has 1 heterocycles. The van der Waals surface area contributed by atoms with E-state index in [4.69, 9.17) is 4.74 Å². The van der Waals surface area contributed by atoms with Crippen LogP contribution in [-0.2, 0) is 16.6 Å². The molecule has 1 aromatic carbocycles. The van der Waals surface area contributed by atoms with Gasteiger partial charge in [-0.05, 0) is 24.6 Å². The smallest absolute Gasteiger partial charge is 0.246 e. The van der Waals surface area contributed by atoms with Gasteiger partial charge in [-0.2, -0.15) is 0 Å². The SMILES string of the molecule is CCOCC(=O)NC(c1ccc(F)cc1)c1nccn1C. The van der Waals surface area contributed by atoms with Gasteiger partial charge in [-0.3, -0.25) is 4.79 Å². The molecule has 0 bridgehead atoms. The average molecular weight is 291 g/mol. The number of nitrogens with zero attached hydrogens (tertiary/aromatic N) is 2. The standard InChI is InChI=1S/C15H18FN3O2/c1-3-21-10-13(20)18-14(15-17-8-9-19(15)2)11-4-6-12(16)7-5-11/h4-9,14H,3,10H2,1-2H3,(H,18,20). The van der Waals surface area contributed by atoms with Crippen LogP contribution in [0.1, 0.15) is 24.4 Å². The van der Waals surface area contributed by atoms with Gasteiger partial charge in [0.05, 0.1) is 0 Å². The Labute approximate surface area is 122 Å². The van der Waals surface area contributed by atoms with E-state index in [1.807, 2.05) is 18.5 Å². The second kappa shape index (κ2) is 6.99. The third kappa shape index (κ3) is 3.88. The molecule has 0 fully saturated rings. The minimum Gasteiger partial charge on any atom is -0.372 e. The van der Waals surface area contributed by atoms with Crippen molar-refractivity contribution in [1.82, 2.24) is 14.9 Å². The number of benzene rings is 1. The van der Waals surface area contributed by atoms with E-state index in [0.717, 1.165) is 5.56 Å². The van der Waals surface area contributed by atoms with E-state index in [9.17, 15) is 9.18 Å². The maximum atomic E-state index is 13.1. The van der Waals surface area contributed by atoms with Crippen molar-refractivity contribution in [3.63, 3.8) is 0 Å². The molecule has 0 aliphatic rings. The molecule has 21 heavy (non-hydrogen) atoms. The second-order valence-corrected chi connectivity index (χ2v) is 4.59. The van der Waals surface area contributed by atoms with Crippen molar-refractivity contribution in [3.05, 3.63) is 53.9 Å². The molecule has 0 aliphatic carbocycles. The Morgan fingerprint density at radius 2 is 2.14 bits per heavy atom. The maximum absolute atomic E-state index is 13.1. The molecule has 1 amide bonds. The van der Waals surface area contributed by atoms with Crippen LogP contribution < -0.4 is 5.32 Å². The molecule has 0 aliphatic heterocycles. The molecule has 1 unspecified atom stereocenters. The van der Waals surface area contributed by atoms with Crippen molar-refractivity contribution in [1.29, 1.82) is 0 Å². The Bertz CT molecular complexity index is 595. The molecule has 0 saturated heterocycles. The van der Waals surface area contributed by atoms with Crippen molar-refractivity contribution in [2.45, 2.75) is 13.0 Å². The first-order valence-electron chi connectivity index (χ1n) is 6.71. The average Bonchev–Trinajstić information content (AvgIpc) is 2.89. The molecule has 2 rings (SSSR count). The van der Waals surface area contributed by atoms with Gasteiger partial charge in [-0.25, -0.2) is 9.37 Å². The number of aromatic nitrogens is 2. The summed E-state index contributed by atoms with van der Waals surface area (Å²) in [6.45, 7) is 2.28. The van der Waals surface area contributed by atoms with Crippen LogP contribution in [0, 0.1) is 5.82 Å². The number of nitrogens with one attached hydrogen (secondary N) is 1. The molecule has 0 radical (unpaired) electrons. The summed E-state index contributed by atoms with van der Waals surface area (Å²) in [4.78, 5) is 16.2. The van der Waals surface area contributed by atoms with E-state index in [1.54, 1.807) is 24.5 Å². The van der Waals surface area contributed by atoms with E-state index >= 15 is 0 Å². The van der Waals surface area contributed by atoms with Gasteiger partial charge in [0.1, 0.15) is 24.3 Å². The second-order valence-electron chi connectivity index (χ2n) is 4.59. The molecule has 0 saturated carbocycles. The summed E-state index contributed by atoms with van der Waals surface area (Å²) in [7, 11) is 1.84. The zero-order valence-electron chi connectivity index (χ0n) is 12.0. The number of amides is 1. The van der Waals surface area contributed by atoms with Gasteiger partial charge >= 0.3 is 0 Å². The largest absolute Gasteiger partial charge is 0.372 e. The van der Waals surface area contributed by atoms with Crippen LogP contribution in [0.2, 0.25) is 0 Å². The molecular formula is C15H18FN3O2. The van der Waals surface area contributed by atoms with Crippen molar-refractivity contribution >= 4 is 5.91 Å². The first kappa shape index (κ1) is 15.2. The van der Waals surface area contributed by atoms with E-state index in [2.05, 4.69) is 10.3 Å². The summed E-state index contributed by atoms with van der Waals surface area (Å²) < 4.78 is 20.0. The van der Waals surface area contributed by atoms with Crippen LogP contribution in [0.3, 0.4) is 0 Å². The summed E-state index contributed by atoms with van der Waals surface area (Å²) in [5.41, 5.74) is 0.760. The zero-order chi connectivity index (χ0) is 15.2. The minimum atomic E-state index is -0.446. The summed E-state index contributed by atoms with van der Waals surface area (Å²) in [5.74, 6) is 0.110. The van der Waals surface area contributed by atoms with Gasteiger partial charge in [-0.1, -0.05) is 12.1 Å². The normalized spacial score (nSPS) is 12.1. The Morgan fingerprint density at radius 1 is 1.43 bits per heavy atom. The van der Waals surface area contributed by atoms with E-state index in [0.29, 0.717) is 12.4 Å². The van der Waals surface area contributed by atoms with Crippen LogP contribution in [0.4, 0.5) is 4.39 Å². The fourth-order valence-corrected chi connectivity index (χ4v) is 2.00. The minimum absolute atomic E-state index is 0.0153. The number of halogens is 1. The van der Waals surface area contributed by atoms with Crippen LogP contribution in [-0.4, -0.2) is 28.7 Å². The Kier molecular flexibility index (Phi) is 5.05. The van der Waals surface area contributed by atoms with Crippen LogP contribution >= 0.6 is 0 Å². The molecule has 5 nitrogen and oxygen atoms in total. The first-order valence-corrected chi connectivity index (χ1v) is 6.71. The Hall–Kier alpha value is -2.21. The summed E-state index contributed by atoms with van der Waals surface area (Å²) in [6, 6.07) is 5.55. The number of imidazole rings is 1.